The maximum Gasteiger partial charge on any atom is 0.315 e. The van der Waals surface area contributed by atoms with Gasteiger partial charge in [0.05, 0.1) is 0 Å². The van der Waals surface area contributed by atoms with Crippen LogP contribution in [0.15, 0.2) is 30.3 Å². The lowest BCUT2D eigenvalue weighted by Gasteiger charge is -2.26. The average Bonchev–Trinajstić information content (AvgIpc) is 2.90. The van der Waals surface area contributed by atoms with E-state index in [1.807, 2.05) is 18.2 Å². The Morgan fingerprint density at radius 1 is 1.21 bits per heavy atom. The molecule has 1 saturated carbocycles. The molecule has 0 aromatic heterocycles. The van der Waals surface area contributed by atoms with Gasteiger partial charge in [0.1, 0.15) is 0 Å². The summed E-state index contributed by atoms with van der Waals surface area (Å²) >= 11 is 0. The second-order valence-corrected chi connectivity index (χ2v) is 6.06. The van der Waals surface area contributed by atoms with Gasteiger partial charge in [0.15, 0.2) is 0 Å². The van der Waals surface area contributed by atoms with Gasteiger partial charge in [0, 0.05) is 18.0 Å². The van der Waals surface area contributed by atoms with E-state index in [4.69, 9.17) is 0 Å². The summed E-state index contributed by atoms with van der Waals surface area (Å²) in [5.41, 5.74) is 1.20. The number of nitrogens with one attached hydrogen (secondary N) is 2. The monoisotopic (exact) mass is 260 g/mol. The van der Waals surface area contributed by atoms with E-state index in [2.05, 4.69) is 36.6 Å². The summed E-state index contributed by atoms with van der Waals surface area (Å²) in [5, 5.41) is 6.05. The van der Waals surface area contributed by atoms with Gasteiger partial charge in [0.25, 0.3) is 0 Å². The van der Waals surface area contributed by atoms with Crippen LogP contribution in [0.2, 0.25) is 0 Å². The minimum atomic E-state index is -0.0473. The van der Waals surface area contributed by atoms with Crippen molar-refractivity contribution in [3.8, 4) is 0 Å². The molecule has 1 aromatic rings. The van der Waals surface area contributed by atoms with Crippen LogP contribution >= 0.6 is 0 Å². The first kappa shape index (κ1) is 13.9. The van der Waals surface area contributed by atoms with E-state index in [0.29, 0.717) is 12.6 Å². The van der Waals surface area contributed by atoms with Crippen molar-refractivity contribution in [1.29, 1.82) is 0 Å². The summed E-state index contributed by atoms with van der Waals surface area (Å²) < 4.78 is 0. The summed E-state index contributed by atoms with van der Waals surface area (Å²) in [6.45, 7) is 4.95. The van der Waals surface area contributed by atoms with Crippen LogP contribution in [0.4, 0.5) is 4.79 Å². The first-order chi connectivity index (χ1) is 9.08. The van der Waals surface area contributed by atoms with Gasteiger partial charge in [-0.25, -0.2) is 4.79 Å². The van der Waals surface area contributed by atoms with Gasteiger partial charge in [-0.2, -0.15) is 0 Å². The predicted octanol–water partition coefficient (Wildman–Crippen LogP) is 3.21. The number of amides is 2. The first-order valence-corrected chi connectivity index (χ1v) is 7.18. The summed E-state index contributed by atoms with van der Waals surface area (Å²) in [7, 11) is 0. The molecular formula is C16H24N2O. The maximum absolute atomic E-state index is 11.9. The molecule has 1 aliphatic rings. The molecule has 19 heavy (non-hydrogen) atoms. The highest BCUT2D eigenvalue weighted by Gasteiger charge is 2.22. The normalized spacial score (nSPS) is 16.3. The Labute approximate surface area is 115 Å². The van der Waals surface area contributed by atoms with E-state index in [9.17, 15) is 4.79 Å². The zero-order valence-corrected chi connectivity index (χ0v) is 11.9. The molecule has 0 aliphatic heterocycles. The predicted molar refractivity (Wildman–Crippen MR) is 78.3 cm³/mol. The van der Waals surface area contributed by atoms with Crippen molar-refractivity contribution in [1.82, 2.24) is 10.6 Å². The summed E-state index contributed by atoms with van der Waals surface area (Å²) in [6, 6.07) is 10.6. The first-order valence-electron chi connectivity index (χ1n) is 7.18. The highest BCUT2D eigenvalue weighted by Crippen LogP contribution is 2.21. The third kappa shape index (κ3) is 3.98. The number of hydrogen-bond donors (Lipinski definition) is 2. The molecule has 104 valence electrons. The Hall–Kier alpha value is -1.51. The molecular weight excluding hydrogens is 236 g/mol. The average molecular weight is 260 g/mol. The van der Waals surface area contributed by atoms with Crippen LogP contribution in [0.25, 0.3) is 0 Å². The van der Waals surface area contributed by atoms with Crippen LogP contribution in [-0.4, -0.2) is 18.6 Å². The minimum absolute atomic E-state index is 0.0316. The third-order valence-electron chi connectivity index (χ3n) is 3.94. The molecule has 2 N–H and O–H groups in total. The Balaban J connectivity index is 1.82. The van der Waals surface area contributed by atoms with Gasteiger partial charge in [-0.05, 0) is 18.4 Å². The Bertz CT molecular complexity index is 408. The molecule has 0 radical (unpaired) electrons. The van der Waals surface area contributed by atoms with E-state index in [-0.39, 0.29) is 11.4 Å². The van der Waals surface area contributed by atoms with Crippen molar-refractivity contribution in [2.75, 3.05) is 6.54 Å². The zero-order chi connectivity index (χ0) is 13.7. The fraction of sp³-hybridized carbons (Fsp3) is 0.562. The largest absolute Gasteiger partial charge is 0.337 e. The molecule has 3 nitrogen and oxygen atoms in total. The van der Waals surface area contributed by atoms with E-state index >= 15 is 0 Å². The van der Waals surface area contributed by atoms with Gasteiger partial charge in [-0.15, -0.1) is 0 Å². The summed E-state index contributed by atoms with van der Waals surface area (Å²) in [6.07, 6.45) is 4.71. The lowest BCUT2D eigenvalue weighted by atomic mass is 9.85. The van der Waals surface area contributed by atoms with Crippen molar-refractivity contribution in [3.05, 3.63) is 35.9 Å². The van der Waals surface area contributed by atoms with E-state index in [1.165, 1.54) is 18.4 Å². The number of rotatable bonds is 4. The standard InChI is InChI=1S/C16H24N2O/c1-16(2,13-8-4-3-5-9-13)12-17-15(19)18-14-10-6-7-11-14/h3-5,8-9,14H,6-7,10-12H2,1-2H3,(H2,17,18,19). The van der Waals surface area contributed by atoms with Gasteiger partial charge in [-0.3, -0.25) is 0 Å². The molecule has 0 bridgehead atoms. The van der Waals surface area contributed by atoms with Crippen LogP contribution in [-0.2, 0) is 5.41 Å². The van der Waals surface area contributed by atoms with Crippen molar-refractivity contribution >= 4 is 6.03 Å². The SMILES string of the molecule is CC(C)(CNC(=O)NC1CCCC1)c1ccccc1. The zero-order valence-electron chi connectivity index (χ0n) is 11.9. The Kier molecular flexibility index (Phi) is 4.46. The highest BCUT2D eigenvalue weighted by molar-refractivity contribution is 5.74. The Morgan fingerprint density at radius 2 is 1.84 bits per heavy atom. The number of hydrogen-bond acceptors (Lipinski definition) is 1. The second kappa shape index (κ2) is 6.09. The number of carbonyl (C=O) groups excluding carboxylic acids is 1. The van der Waals surface area contributed by atoms with Crippen molar-refractivity contribution in [2.45, 2.75) is 51.0 Å². The lowest BCUT2D eigenvalue weighted by Crippen LogP contribution is -2.45. The van der Waals surface area contributed by atoms with Crippen LogP contribution < -0.4 is 10.6 Å². The topological polar surface area (TPSA) is 41.1 Å². The molecule has 0 saturated heterocycles. The van der Waals surface area contributed by atoms with Crippen molar-refractivity contribution in [3.63, 3.8) is 0 Å². The number of urea groups is 1. The van der Waals surface area contributed by atoms with Crippen LogP contribution in [0.5, 0.6) is 0 Å². The van der Waals surface area contributed by atoms with Gasteiger partial charge in [-0.1, -0.05) is 57.0 Å². The fourth-order valence-corrected chi connectivity index (χ4v) is 2.60. The molecule has 2 amide bonds. The number of benzene rings is 1. The molecule has 1 fully saturated rings. The second-order valence-electron chi connectivity index (χ2n) is 6.06. The molecule has 3 heteroatoms. The van der Waals surface area contributed by atoms with Gasteiger partial charge in [0.2, 0.25) is 0 Å². The lowest BCUT2D eigenvalue weighted by molar-refractivity contribution is 0.234. The van der Waals surface area contributed by atoms with Crippen LogP contribution in [0.1, 0.15) is 45.1 Å². The molecule has 0 heterocycles. The number of carbonyl (C=O) groups is 1. The highest BCUT2D eigenvalue weighted by atomic mass is 16.2. The minimum Gasteiger partial charge on any atom is -0.337 e. The molecule has 0 spiro atoms. The molecule has 0 unspecified atom stereocenters. The van der Waals surface area contributed by atoms with E-state index in [1.54, 1.807) is 0 Å². The molecule has 1 aliphatic carbocycles. The fourth-order valence-electron chi connectivity index (χ4n) is 2.60. The van der Waals surface area contributed by atoms with E-state index < -0.39 is 0 Å². The Morgan fingerprint density at radius 3 is 2.47 bits per heavy atom. The molecule has 1 aromatic carbocycles. The van der Waals surface area contributed by atoms with Crippen LogP contribution in [0, 0.1) is 0 Å². The summed E-state index contributed by atoms with van der Waals surface area (Å²) in [5.74, 6) is 0. The quantitative estimate of drug-likeness (QED) is 0.857. The van der Waals surface area contributed by atoms with Gasteiger partial charge < -0.3 is 10.6 Å². The summed E-state index contributed by atoms with van der Waals surface area (Å²) in [4.78, 5) is 11.9. The van der Waals surface area contributed by atoms with E-state index in [0.717, 1.165) is 12.8 Å². The van der Waals surface area contributed by atoms with Crippen molar-refractivity contribution < 1.29 is 4.79 Å². The van der Waals surface area contributed by atoms with Gasteiger partial charge >= 0.3 is 6.03 Å². The molecule has 2 rings (SSSR count). The molecule has 0 atom stereocenters. The third-order valence-corrected chi connectivity index (χ3v) is 3.94. The van der Waals surface area contributed by atoms with Crippen LogP contribution in [0.3, 0.4) is 0 Å². The maximum atomic E-state index is 11.9. The smallest absolute Gasteiger partial charge is 0.315 e. The van der Waals surface area contributed by atoms with Crippen molar-refractivity contribution in [2.24, 2.45) is 0 Å².